The Balaban J connectivity index is 1.69. The summed E-state index contributed by atoms with van der Waals surface area (Å²) in [6.45, 7) is 0.0923. The fourth-order valence-electron chi connectivity index (χ4n) is 3.26. The third kappa shape index (κ3) is 4.59. The van der Waals surface area contributed by atoms with Gasteiger partial charge in [-0.15, -0.1) is 0 Å². The summed E-state index contributed by atoms with van der Waals surface area (Å²) in [5.41, 5.74) is 0.217. The minimum Gasteiger partial charge on any atom is -0.387 e. The summed E-state index contributed by atoms with van der Waals surface area (Å²) < 4.78 is 40.4. The van der Waals surface area contributed by atoms with Crippen LogP contribution >= 0.6 is 31.9 Å². The van der Waals surface area contributed by atoms with Gasteiger partial charge in [0.2, 0.25) is 0 Å². The Hall–Kier alpha value is -2.63. The molecule has 11 heteroatoms. The van der Waals surface area contributed by atoms with Gasteiger partial charge in [0.05, 0.1) is 22.9 Å². The number of anilines is 1. The average molecular weight is 572 g/mol. The molecule has 0 radical (unpaired) electrons. The summed E-state index contributed by atoms with van der Waals surface area (Å²) >= 11 is 6.48. The molecule has 4 rings (SSSR count). The minimum absolute atomic E-state index is 0.0923. The summed E-state index contributed by atoms with van der Waals surface area (Å²) in [4.78, 5) is 22.2. The van der Waals surface area contributed by atoms with Gasteiger partial charge in [0.15, 0.2) is 0 Å². The highest BCUT2D eigenvalue weighted by Gasteiger charge is 2.32. The lowest BCUT2D eigenvalue weighted by Gasteiger charge is -2.15. The average Bonchev–Trinajstić information content (AvgIpc) is 3.15. The second-order valence-electron chi connectivity index (χ2n) is 6.98. The number of aromatic amines is 2. The number of nitrogens with one attached hydrogen (secondary N) is 3. The van der Waals surface area contributed by atoms with Gasteiger partial charge in [0.1, 0.15) is 16.9 Å². The number of hydrogen-bond donors (Lipinski definition) is 4. The SMILES string of the molecule is O=c1[nH]ccc(NCC(O)c2cccc(Br)c2)c1-c1nc2c(Br)cc(C(F)(F)F)cc2[nH]1. The topological polar surface area (TPSA) is 93.8 Å². The third-order valence-corrected chi connectivity index (χ3v) is 5.88. The van der Waals surface area contributed by atoms with Crippen LogP contribution < -0.4 is 10.9 Å². The zero-order valence-electron chi connectivity index (χ0n) is 16.1. The van der Waals surface area contributed by atoms with E-state index >= 15 is 0 Å². The van der Waals surface area contributed by atoms with Crippen LogP contribution in [0.25, 0.3) is 22.4 Å². The van der Waals surface area contributed by atoms with Crippen molar-refractivity contribution in [2.24, 2.45) is 0 Å². The van der Waals surface area contributed by atoms with Crippen molar-refractivity contribution in [3.8, 4) is 11.4 Å². The highest BCUT2D eigenvalue weighted by atomic mass is 79.9. The van der Waals surface area contributed by atoms with Gasteiger partial charge in [-0.05, 0) is 51.8 Å². The Morgan fingerprint density at radius 3 is 2.66 bits per heavy atom. The molecule has 1 atom stereocenters. The van der Waals surface area contributed by atoms with E-state index in [4.69, 9.17) is 0 Å². The van der Waals surface area contributed by atoms with Crippen molar-refractivity contribution >= 4 is 48.6 Å². The van der Waals surface area contributed by atoms with Gasteiger partial charge in [-0.3, -0.25) is 4.79 Å². The number of pyridine rings is 1. The molecule has 0 aliphatic carbocycles. The number of rotatable bonds is 5. The smallest absolute Gasteiger partial charge is 0.387 e. The van der Waals surface area contributed by atoms with Crippen LogP contribution in [0.4, 0.5) is 18.9 Å². The van der Waals surface area contributed by atoms with Gasteiger partial charge >= 0.3 is 6.18 Å². The molecule has 1 unspecified atom stereocenters. The van der Waals surface area contributed by atoms with Crippen molar-refractivity contribution in [3.63, 3.8) is 0 Å². The van der Waals surface area contributed by atoms with E-state index in [0.29, 0.717) is 11.3 Å². The maximum atomic E-state index is 13.1. The van der Waals surface area contributed by atoms with E-state index in [0.717, 1.165) is 16.6 Å². The zero-order chi connectivity index (χ0) is 23.0. The molecular weight excluding hydrogens is 557 g/mol. The largest absolute Gasteiger partial charge is 0.416 e. The number of benzene rings is 2. The Labute approximate surface area is 196 Å². The van der Waals surface area contributed by atoms with Crippen molar-refractivity contribution in [2.75, 3.05) is 11.9 Å². The second-order valence-corrected chi connectivity index (χ2v) is 8.75. The quantitative estimate of drug-likeness (QED) is 0.250. The molecule has 166 valence electrons. The molecule has 0 saturated heterocycles. The molecule has 2 heterocycles. The molecule has 0 spiro atoms. The summed E-state index contributed by atoms with van der Waals surface area (Å²) in [7, 11) is 0. The third-order valence-electron chi connectivity index (χ3n) is 4.78. The summed E-state index contributed by atoms with van der Waals surface area (Å²) in [5.74, 6) is 0.0984. The van der Waals surface area contributed by atoms with Crippen LogP contribution in [0.15, 0.2) is 62.4 Å². The number of halogens is 5. The molecule has 4 N–H and O–H groups in total. The molecule has 0 amide bonds. The normalized spacial score (nSPS) is 12.8. The standard InChI is InChI=1S/C21H15Br2F3N4O2/c22-12-3-1-2-10(6-12)16(31)9-28-14-4-5-27-20(32)17(14)19-29-15-8-11(21(24,25)26)7-13(23)18(15)30-19/h1-8,16,31H,9H2,(H,29,30)(H2,27,28,32). The van der Waals surface area contributed by atoms with Crippen molar-refractivity contribution in [2.45, 2.75) is 12.3 Å². The fourth-order valence-corrected chi connectivity index (χ4v) is 4.22. The van der Waals surface area contributed by atoms with Gasteiger partial charge in [-0.1, -0.05) is 28.1 Å². The number of H-pyrrole nitrogens is 2. The summed E-state index contributed by atoms with van der Waals surface area (Å²) in [5, 5.41) is 13.5. The molecule has 0 bridgehead atoms. The van der Waals surface area contributed by atoms with E-state index < -0.39 is 23.4 Å². The monoisotopic (exact) mass is 570 g/mol. The maximum absolute atomic E-state index is 13.1. The zero-order valence-corrected chi connectivity index (χ0v) is 19.3. The number of aliphatic hydroxyl groups excluding tert-OH is 1. The maximum Gasteiger partial charge on any atom is 0.416 e. The molecule has 0 saturated carbocycles. The van der Waals surface area contributed by atoms with Crippen LogP contribution in [0.5, 0.6) is 0 Å². The Bertz CT molecular complexity index is 1350. The lowest BCUT2D eigenvalue weighted by Crippen LogP contribution is -2.17. The van der Waals surface area contributed by atoms with E-state index in [1.54, 1.807) is 24.3 Å². The molecular formula is C21H15Br2F3N4O2. The predicted molar refractivity (Wildman–Crippen MR) is 122 cm³/mol. The van der Waals surface area contributed by atoms with Crippen LogP contribution in [0.1, 0.15) is 17.2 Å². The number of alkyl halides is 3. The van der Waals surface area contributed by atoms with Crippen LogP contribution in [0.3, 0.4) is 0 Å². The molecule has 4 aromatic rings. The first-order chi connectivity index (χ1) is 15.1. The van der Waals surface area contributed by atoms with Crippen LogP contribution in [-0.2, 0) is 6.18 Å². The highest BCUT2D eigenvalue weighted by Crippen LogP contribution is 2.36. The number of aliphatic hydroxyl groups is 1. The molecule has 2 aromatic heterocycles. The minimum atomic E-state index is -4.53. The number of nitrogens with zero attached hydrogens (tertiary/aromatic N) is 1. The van der Waals surface area contributed by atoms with Gasteiger partial charge in [-0.2, -0.15) is 13.2 Å². The summed E-state index contributed by atoms with van der Waals surface area (Å²) in [6, 6.07) is 10.7. The van der Waals surface area contributed by atoms with E-state index in [1.807, 2.05) is 6.07 Å². The van der Waals surface area contributed by atoms with E-state index in [-0.39, 0.29) is 33.4 Å². The van der Waals surface area contributed by atoms with E-state index in [2.05, 4.69) is 52.1 Å². The second kappa shape index (κ2) is 8.72. The summed E-state index contributed by atoms with van der Waals surface area (Å²) in [6.07, 6.45) is -3.96. The molecule has 2 aromatic carbocycles. The molecule has 0 aliphatic heterocycles. The predicted octanol–water partition coefficient (Wildman–Crippen LogP) is 5.61. The lowest BCUT2D eigenvalue weighted by molar-refractivity contribution is -0.137. The molecule has 32 heavy (non-hydrogen) atoms. The van der Waals surface area contributed by atoms with E-state index in [1.165, 1.54) is 6.20 Å². The number of hydrogen-bond acceptors (Lipinski definition) is 4. The number of imidazole rings is 1. The van der Waals surface area contributed by atoms with Crippen LogP contribution in [-0.4, -0.2) is 26.6 Å². The molecule has 0 fully saturated rings. The molecule has 6 nitrogen and oxygen atoms in total. The van der Waals surface area contributed by atoms with Crippen molar-refractivity contribution in [3.05, 3.63) is 79.1 Å². The first-order valence-corrected chi connectivity index (χ1v) is 10.9. The van der Waals surface area contributed by atoms with Crippen LogP contribution in [0, 0.1) is 0 Å². The highest BCUT2D eigenvalue weighted by molar-refractivity contribution is 9.11. The first-order valence-electron chi connectivity index (χ1n) is 9.29. The number of aromatic nitrogens is 3. The Morgan fingerprint density at radius 2 is 1.94 bits per heavy atom. The Kier molecular flexibility index (Phi) is 6.15. The van der Waals surface area contributed by atoms with Gasteiger partial charge in [0.25, 0.3) is 5.56 Å². The van der Waals surface area contributed by atoms with Gasteiger partial charge in [-0.25, -0.2) is 4.98 Å². The van der Waals surface area contributed by atoms with Crippen molar-refractivity contribution in [1.82, 2.24) is 15.0 Å². The van der Waals surface area contributed by atoms with Gasteiger partial charge < -0.3 is 20.4 Å². The lowest BCUT2D eigenvalue weighted by atomic mass is 10.1. The molecule has 0 aliphatic rings. The van der Waals surface area contributed by atoms with Crippen LogP contribution in [0.2, 0.25) is 0 Å². The van der Waals surface area contributed by atoms with E-state index in [9.17, 15) is 23.1 Å². The van der Waals surface area contributed by atoms with Crippen molar-refractivity contribution in [1.29, 1.82) is 0 Å². The fraction of sp³-hybridized carbons (Fsp3) is 0.143. The first kappa shape index (κ1) is 22.6. The van der Waals surface area contributed by atoms with Gasteiger partial charge in [0, 0.05) is 21.7 Å². The van der Waals surface area contributed by atoms with Crippen molar-refractivity contribution < 1.29 is 18.3 Å². The Morgan fingerprint density at radius 1 is 1.16 bits per heavy atom. The number of fused-ring (bicyclic) bond motifs is 1.